The average Bonchev–Trinajstić information content (AvgIpc) is 2.35. The first-order valence-corrected chi connectivity index (χ1v) is 7.56. The van der Waals surface area contributed by atoms with Gasteiger partial charge in [0.05, 0.1) is 7.11 Å². The number of methoxy groups -OCH3 is 1. The Balaban J connectivity index is 2.96. The molecule has 0 unspecified atom stereocenters. The molecule has 6 heteroatoms. The molecule has 0 aromatic heterocycles. The van der Waals surface area contributed by atoms with E-state index >= 15 is 0 Å². The van der Waals surface area contributed by atoms with Gasteiger partial charge in [0.25, 0.3) is 10.2 Å². The van der Waals surface area contributed by atoms with Crippen LogP contribution in [0.25, 0.3) is 0 Å². The second-order valence-corrected chi connectivity index (χ2v) is 6.80. The highest BCUT2D eigenvalue weighted by Gasteiger charge is 2.14. The fraction of sp³-hybridized carbons (Fsp3) is 0.538. The van der Waals surface area contributed by atoms with E-state index in [1.54, 1.807) is 7.11 Å². The van der Waals surface area contributed by atoms with Crippen molar-refractivity contribution in [3.63, 3.8) is 0 Å². The molecule has 1 aromatic rings. The van der Waals surface area contributed by atoms with E-state index in [1.807, 2.05) is 18.2 Å². The molecule has 0 heterocycles. The van der Waals surface area contributed by atoms with E-state index in [0.717, 1.165) is 15.4 Å². The Morgan fingerprint density at radius 1 is 1.32 bits per heavy atom. The maximum atomic E-state index is 11.7. The minimum atomic E-state index is -3.43. The van der Waals surface area contributed by atoms with Gasteiger partial charge < -0.3 is 4.74 Å². The van der Waals surface area contributed by atoms with Crippen LogP contribution in [0.15, 0.2) is 18.2 Å². The average molecular weight is 286 g/mol. The zero-order valence-corrected chi connectivity index (χ0v) is 12.9. The number of hydrogen-bond donors (Lipinski definition) is 1. The molecule has 1 rings (SSSR count). The summed E-state index contributed by atoms with van der Waals surface area (Å²) < 4.78 is 32.3. The number of nitrogens with zero attached hydrogens (tertiary/aromatic N) is 1. The van der Waals surface area contributed by atoms with Crippen LogP contribution in [0.1, 0.15) is 30.9 Å². The summed E-state index contributed by atoms with van der Waals surface area (Å²) in [5, 5.41) is 0. The molecule has 19 heavy (non-hydrogen) atoms. The molecule has 0 aliphatic heterocycles. The Bertz CT molecular complexity index is 525. The maximum Gasteiger partial charge on any atom is 0.279 e. The third-order valence-corrected chi connectivity index (χ3v) is 4.37. The van der Waals surface area contributed by atoms with Crippen molar-refractivity contribution >= 4 is 10.2 Å². The largest absolute Gasteiger partial charge is 0.496 e. The van der Waals surface area contributed by atoms with Crippen LogP contribution in [0.5, 0.6) is 5.75 Å². The summed E-state index contributed by atoms with van der Waals surface area (Å²) in [6.45, 7) is 4.40. The van der Waals surface area contributed by atoms with Gasteiger partial charge in [0.15, 0.2) is 0 Å². The minimum Gasteiger partial charge on any atom is -0.496 e. The van der Waals surface area contributed by atoms with Gasteiger partial charge in [-0.05, 0) is 17.5 Å². The van der Waals surface area contributed by atoms with Crippen LogP contribution in [-0.4, -0.2) is 33.9 Å². The molecule has 0 aliphatic carbocycles. The molecule has 0 amide bonds. The lowest BCUT2D eigenvalue weighted by molar-refractivity contribution is 0.408. The Labute approximate surface area is 115 Å². The van der Waals surface area contributed by atoms with E-state index in [-0.39, 0.29) is 6.54 Å². The quantitative estimate of drug-likeness (QED) is 0.866. The predicted molar refractivity (Wildman–Crippen MR) is 76.5 cm³/mol. The zero-order chi connectivity index (χ0) is 14.6. The van der Waals surface area contributed by atoms with Crippen LogP contribution in [0, 0.1) is 0 Å². The van der Waals surface area contributed by atoms with E-state index in [4.69, 9.17) is 4.74 Å². The van der Waals surface area contributed by atoms with Crippen molar-refractivity contribution in [2.24, 2.45) is 0 Å². The van der Waals surface area contributed by atoms with Crippen LogP contribution < -0.4 is 9.46 Å². The molecule has 0 aliphatic rings. The second-order valence-electron chi connectivity index (χ2n) is 4.83. The van der Waals surface area contributed by atoms with Gasteiger partial charge >= 0.3 is 0 Å². The van der Waals surface area contributed by atoms with Crippen LogP contribution in [0.3, 0.4) is 0 Å². The van der Waals surface area contributed by atoms with Gasteiger partial charge in [-0.2, -0.15) is 17.4 Å². The van der Waals surface area contributed by atoms with E-state index in [2.05, 4.69) is 18.6 Å². The Morgan fingerprint density at radius 2 is 1.95 bits per heavy atom. The summed E-state index contributed by atoms with van der Waals surface area (Å²) >= 11 is 0. The zero-order valence-electron chi connectivity index (χ0n) is 12.1. The third-order valence-electron chi connectivity index (χ3n) is 2.90. The molecule has 108 valence electrons. The van der Waals surface area contributed by atoms with E-state index < -0.39 is 10.2 Å². The first kappa shape index (κ1) is 15.9. The molecule has 1 N–H and O–H groups in total. The number of benzene rings is 1. The van der Waals surface area contributed by atoms with Crippen molar-refractivity contribution in [2.45, 2.75) is 26.3 Å². The van der Waals surface area contributed by atoms with Crippen LogP contribution in [0.4, 0.5) is 0 Å². The van der Waals surface area contributed by atoms with Gasteiger partial charge in [0.1, 0.15) is 5.75 Å². The SMILES string of the molecule is COc1ccc(C(C)C)cc1CNS(=O)(=O)N(C)C. The van der Waals surface area contributed by atoms with Gasteiger partial charge in [-0.1, -0.05) is 26.0 Å². The molecular weight excluding hydrogens is 264 g/mol. The van der Waals surface area contributed by atoms with Crippen molar-refractivity contribution in [2.75, 3.05) is 21.2 Å². The fourth-order valence-corrected chi connectivity index (χ4v) is 2.19. The van der Waals surface area contributed by atoms with Crippen molar-refractivity contribution in [1.29, 1.82) is 0 Å². The van der Waals surface area contributed by atoms with Gasteiger partial charge in [0, 0.05) is 26.2 Å². The van der Waals surface area contributed by atoms with Crippen LogP contribution >= 0.6 is 0 Å². The van der Waals surface area contributed by atoms with Crippen molar-refractivity contribution in [3.05, 3.63) is 29.3 Å². The van der Waals surface area contributed by atoms with Crippen LogP contribution in [-0.2, 0) is 16.8 Å². The smallest absolute Gasteiger partial charge is 0.279 e. The third kappa shape index (κ3) is 4.19. The molecule has 0 saturated heterocycles. The van der Waals surface area contributed by atoms with Gasteiger partial charge in [-0.15, -0.1) is 0 Å². The highest BCUT2D eigenvalue weighted by Crippen LogP contribution is 2.24. The lowest BCUT2D eigenvalue weighted by Gasteiger charge is -2.15. The van der Waals surface area contributed by atoms with E-state index in [9.17, 15) is 8.42 Å². The molecule has 0 bridgehead atoms. The van der Waals surface area contributed by atoms with Gasteiger partial charge in [-0.3, -0.25) is 0 Å². The van der Waals surface area contributed by atoms with Crippen LogP contribution in [0.2, 0.25) is 0 Å². The topological polar surface area (TPSA) is 58.6 Å². The van der Waals surface area contributed by atoms with Gasteiger partial charge in [0.2, 0.25) is 0 Å². The molecule has 0 radical (unpaired) electrons. The molecule has 0 fully saturated rings. The van der Waals surface area contributed by atoms with E-state index in [1.165, 1.54) is 14.1 Å². The summed E-state index contributed by atoms with van der Waals surface area (Å²) in [5.74, 6) is 1.07. The highest BCUT2D eigenvalue weighted by molar-refractivity contribution is 7.87. The number of rotatable bonds is 6. The number of hydrogen-bond acceptors (Lipinski definition) is 3. The molecule has 1 aromatic carbocycles. The standard InChI is InChI=1S/C13H22N2O3S/c1-10(2)11-6-7-13(18-5)12(8-11)9-14-19(16,17)15(3)4/h6-8,10,14H,9H2,1-5H3. The Morgan fingerprint density at radius 3 is 2.42 bits per heavy atom. The monoisotopic (exact) mass is 286 g/mol. The molecule has 0 spiro atoms. The van der Waals surface area contributed by atoms with Crippen molar-refractivity contribution in [1.82, 2.24) is 9.03 Å². The minimum absolute atomic E-state index is 0.213. The summed E-state index contributed by atoms with van der Waals surface area (Å²) in [7, 11) is 1.13. The molecule has 0 saturated carbocycles. The number of ether oxygens (including phenoxy) is 1. The summed E-state index contributed by atoms with van der Waals surface area (Å²) in [4.78, 5) is 0. The van der Waals surface area contributed by atoms with Gasteiger partial charge in [-0.25, -0.2) is 0 Å². The summed E-state index contributed by atoms with van der Waals surface area (Å²) in [5.41, 5.74) is 1.99. The summed E-state index contributed by atoms with van der Waals surface area (Å²) in [6, 6.07) is 5.84. The molecular formula is C13H22N2O3S. The lowest BCUT2D eigenvalue weighted by Crippen LogP contribution is -2.35. The Hall–Kier alpha value is -1.11. The highest BCUT2D eigenvalue weighted by atomic mass is 32.2. The summed E-state index contributed by atoms with van der Waals surface area (Å²) in [6.07, 6.45) is 0. The molecule has 0 atom stereocenters. The first-order valence-electron chi connectivity index (χ1n) is 6.12. The van der Waals surface area contributed by atoms with E-state index in [0.29, 0.717) is 11.7 Å². The maximum absolute atomic E-state index is 11.7. The normalized spacial score (nSPS) is 12.2. The number of nitrogens with one attached hydrogen (secondary N) is 1. The predicted octanol–water partition coefficient (Wildman–Crippen LogP) is 1.71. The lowest BCUT2D eigenvalue weighted by atomic mass is 10.0. The van der Waals surface area contributed by atoms with Crippen molar-refractivity contribution < 1.29 is 13.2 Å². The first-order chi connectivity index (χ1) is 8.77. The second kappa shape index (κ2) is 6.36. The Kier molecular flexibility index (Phi) is 5.34. The fourth-order valence-electron chi connectivity index (χ4n) is 1.59. The molecule has 5 nitrogen and oxygen atoms in total. The van der Waals surface area contributed by atoms with Crippen molar-refractivity contribution in [3.8, 4) is 5.75 Å².